The molecule has 3 aliphatic carbocycles. The largest absolute Gasteiger partial charge is 0.462 e. The second-order valence-corrected chi connectivity index (χ2v) is 20.6. The van der Waals surface area contributed by atoms with E-state index in [2.05, 4.69) is 32.9 Å². The second kappa shape index (κ2) is 24.9. The van der Waals surface area contributed by atoms with Crippen molar-refractivity contribution in [3.63, 3.8) is 0 Å². The number of esters is 1. The lowest BCUT2D eigenvalue weighted by Gasteiger charge is -2.44. The lowest BCUT2D eigenvalue weighted by atomic mass is 9.67. The first-order chi connectivity index (χ1) is 31.3. The zero-order valence-electron chi connectivity index (χ0n) is 41.8. The van der Waals surface area contributed by atoms with Crippen LogP contribution in [-0.4, -0.2) is 118 Å². The first kappa shape index (κ1) is 52.2. The monoisotopic (exact) mass is 914 g/mol. The first-order valence-corrected chi connectivity index (χ1v) is 25.9. The van der Waals surface area contributed by atoms with Crippen molar-refractivity contribution in [3.8, 4) is 0 Å². The molecule has 12 nitrogen and oxygen atoms in total. The third-order valence-corrected chi connectivity index (χ3v) is 16.4. The quantitative estimate of drug-likeness (QED) is 0.0698. The Kier molecular flexibility index (Phi) is 20.0. The highest BCUT2D eigenvalue weighted by Gasteiger charge is 2.54. The number of hydrogen-bond acceptors (Lipinski definition) is 11. The van der Waals surface area contributed by atoms with Crippen molar-refractivity contribution in [1.82, 2.24) is 4.90 Å². The van der Waals surface area contributed by atoms with Crippen molar-refractivity contribution in [1.29, 1.82) is 0 Å². The van der Waals surface area contributed by atoms with Crippen LogP contribution < -0.4 is 0 Å². The number of rotatable bonds is 19. The van der Waals surface area contributed by atoms with Gasteiger partial charge in [-0.2, -0.15) is 0 Å². The molecular formula is C53H87NO11. The molecule has 12 heteroatoms. The molecule has 0 aromatic carbocycles. The van der Waals surface area contributed by atoms with Gasteiger partial charge in [0.1, 0.15) is 24.4 Å². The Morgan fingerprint density at radius 2 is 1.45 bits per heavy atom. The number of amides is 1. The van der Waals surface area contributed by atoms with Gasteiger partial charge in [-0.3, -0.25) is 14.4 Å². The highest BCUT2D eigenvalue weighted by Crippen LogP contribution is 2.56. The Morgan fingerprint density at radius 3 is 2.11 bits per heavy atom. The molecular weight excluding hydrogens is 827 g/mol. The van der Waals surface area contributed by atoms with Gasteiger partial charge in [-0.25, -0.2) is 0 Å². The maximum absolute atomic E-state index is 15.0. The van der Waals surface area contributed by atoms with E-state index in [9.17, 15) is 14.4 Å². The zero-order chi connectivity index (χ0) is 46.8. The predicted octanol–water partition coefficient (Wildman–Crippen LogP) is 9.70. The van der Waals surface area contributed by atoms with E-state index in [1.807, 2.05) is 32.7 Å². The summed E-state index contributed by atoms with van der Waals surface area (Å²) in [6.07, 6.45) is 19.0. The minimum atomic E-state index is -0.617. The van der Waals surface area contributed by atoms with Gasteiger partial charge in [-0.1, -0.05) is 89.9 Å². The normalized spacial score (nSPS) is 39.0. The van der Waals surface area contributed by atoms with Crippen LogP contribution in [0.2, 0.25) is 0 Å². The average Bonchev–Trinajstić information content (AvgIpc) is 3.88. The molecule has 3 saturated heterocycles. The minimum absolute atomic E-state index is 0.00794. The molecule has 3 heterocycles. The summed E-state index contributed by atoms with van der Waals surface area (Å²) in [5, 5.41) is 0. The van der Waals surface area contributed by atoms with E-state index in [-0.39, 0.29) is 102 Å². The third-order valence-electron chi connectivity index (χ3n) is 16.4. The van der Waals surface area contributed by atoms with Gasteiger partial charge >= 0.3 is 5.97 Å². The van der Waals surface area contributed by atoms with E-state index in [1.54, 1.807) is 21.3 Å². The molecule has 6 aliphatic rings. The maximum Gasteiger partial charge on any atom is 0.306 e. The fourth-order valence-electron chi connectivity index (χ4n) is 12.6. The van der Waals surface area contributed by atoms with Crippen LogP contribution in [0.4, 0.5) is 0 Å². The zero-order valence-corrected chi connectivity index (χ0v) is 41.8. The van der Waals surface area contributed by atoms with Crippen LogP contribution in [0.25, 0.3) is 0 Å². The molecule has 0 N–H and O–H groups in total. The first-order valence-electron chi connectivity index (χ1n) is 25.9. The van der Waals surface area contributed by atoms with Gasteiger partial charge in [-0.05, 0) is 101 Å². The molecule has 0 radical (unpaired) electrons. The Hall–Kier alpha value is -2.19. The van der Waals surface area contributed by atoms with E-state index < -0.39 is 24.6 Å². The molecule has 3 unspecified atom stereocenters. The van der Waals surface area contributed by atoms with Gasteiger partial charge in [0.2, 0.25) is 5.91 Å². The van der Waals surface area contributed by atoms with Crippen LogP contribution in [0.5, 0.6) is 0 Å². The summed E-state index contributed by atoms with van der Waals surface area (Å²) in [4.78, 5) is 43.9. The molecule has 0 aromatic heterocycles. The molecule has 1 saturated carbocycles. The van der Waals surface area contributed by atoms with Crippen LogP contribution in [0, 0.1) is 35.5 Å². The number of carbonyl (C=O) groups is 3. The van der Waals surface area contributed by atoms with Crippen LogP contribution in [-0.2, 0) is 52.3 Å². The van der Waals surface area contributed by atoms with Crippen molar-refractivity contribution in [3.05, 3.63) is 23.3 Å². The van der Waals surface area contributed by atoms with Crippen molar-refractivity contribution in [2.75, 3.05) is 28.4 Å². The molecule has 17 atom stereocenters. The van der Waals surface area contributed by atoms with Gasteiger partial charge in [-0.15, -0.1) is 0 Å². The highest BCUT2D eigenvalue weighted by molar-refractivity contribution is 5.99. The topological polar surface area (TPSA) is 128 Å². The fourth-order valence-corrected chi connectivity index (χ4v) is 12.6. The number of ether oxygens (including phenoxy) is 8. The molecule has 370 valence electrons. The number of cyclic esters (lactones) is 1. The van der Waals surface area contributed by atoms with Gasteiger partial charge in [0.15, 0.2) is 18.4 Å². The number of nitrogens with zero attached hydrogens (tertiary/aromatic N) is 1. The lowest BCUT2D eigenvalue weighted by Crippen LogP contribution is -2.59. The molecule has 4 fully saturated rings. The fraction of sp³-hybridized carbons (Fsp3) is 0.868. The number of unbranched alkanes of at least 4 members (excludes halogenated alkanes) is 8. The molecule has 6 rings (SSSR count). The van der Waals surface area contributed by atoms with Crippen molar-refractivity contribution < 1.29 is 52.3 Å². The highest BCUT2D eigenvalue weighted by atomic mass is 16.7. The van der Waals surface area contributed by atoms with Crippen LogP contribution >= 0.6 is 0 Å². The second-order valence-electron chi connectivity index (χ2n) is 20.6. The summed E-state index contributed by atoms with van der Waals surface area (Å²) in [6, 6.07) is -0.0182. The molecule has 65 heavy (non-hydrogen) atoms. The van der Waals surface area contributed by atoms with Gasteiger partial charge in [0.25, 0.3) is 0 Å². The van der Waals surface area contributed by atoms with E-state index >= 15 is 0 Å². The summed E-state index contributed by atoms with van der Waals surface area (Å²) < 4.78 is 50.2. The number of carbonyl (C=O) groups excluding carboxylic acids is 3. The number of fused-ring (bicyclic) bond motifs is 5. The number of hydrogen-bond donors (Lipinski definition) is 0. The van der Waals surface area contributed by atoms with Crippen LogP contribution in [0.15, 0.2) is 23.3 Å². The third kappa shape index (κ3) is 12.7. The van der Waals surface area contributed by atoms with Crippen molar-refractivity contribution in [2.45, 2.75) is 231 Å². The average molecular weight is 914 g/mol. The van der Waals surface area contributed by atoms with Gasteiger partial charge < -0.3 is 42.8 Å². The number of likely N-dealkylation sites (N-methyl/N-ethyl adjacent to an activating group) is 1. The van der Waals surface area contributed by atoms with Crippen molar-refractivity contribution in [2.24, 2.45) is 35.5 Å². The number of methoxy groups -OCH3 is 3. The van der Waals surface area contributed by atoms with E-state index in [4.69, 9.17) is 37.9 Å². The van der Waals surface area contributed by atoms with E-state index in [1.165, 1.54) is 50.5 Å². The predicted molar refractivity (Wildman–Crippen MR) is 250 cm³/mol. The Bertz CT molecular complexity index is 1600. The molecule has 0 bridgehead atoms. The molecule has 0 aromatic rings. The molecule has 1 amide bonds. The summed E-state index contributed by atoms with van der Waals surface area (Å²) in [5.41, 5.74) is 2.03. The molecule has 3 aliphatic heterocycles. The lowest BCUT2D eigenvalue weighted by molar-refractivity contribution is -0.314. The Labute approximate surface area is 391 Å². The summed E-state index contributed by atoms with van der Waals surface area (Å²) in [7, 11) is 6.90. The maximum atomic E-state index is 15.0. The van der Waals surface area contributed by atoms with Gasteiger partial charge in [0.05, 0.1) is 36.9 Å². The van der Waals surface area contributed by atoms with Crippen LogP contribution in [0.1, 0.15) is 164 Å². The number of ketones is 1. The summed E-state index contributed by atoms with van der Waals surface area (Å²) in [6.45, 7) is 12.5. The summed E-state index contributed by atoms with van der Waals surface area (Å²) in [5.74, 6) is -0.0823. The standard InChI is InChI=1S/C53H87NO11/c1-11-13-14-15-16-17-18-19-20-24-46(55)54(7)44-25-26-48(61-34(44)5)65-45-23-21-22-36(12-2)63-47(56)31-42-39-27-32(3)38-28-37(29-40(38)41(39)30-43(42)49(57)33(45)4)64-53-52(60-10)51(59-9)50(58-8)35(6)62-53/h27,30,33-42,44-45,48,50-53H,11-26,28-29,31H2,1-10H3/t33-,34?,35?,36+,37-,38+,39-,40-,41-,42+,44+,45+,48+,50+,51?,52+,53+/m1/s1. The van der Waals surface area contributed by atoms with Crippen molar-refractivity contribution >= 4 is 17.7 Å². The van der Waals surface area contributed by atoms with Crippen LogP contribution in [0.3, 0.4) is 0 Å². The summed E-state index contributed by atoms with van der Waals surface area (Å²) >= 11 is 0. The van der Waals surface area contributed by atoms with E-state index in [0.29, 0.717) is 25.7 Å². The van der Waals surface area contributed by atoms with E-state index in [0.717, 1.165) is 50.5 Å². The Morgan fingerprint density at radius 1 is 0.754 bits per heavy atom. The minimum Gasteiger partial charge on any atom is -0.462 e. The SMILES string of the molecule is CCCCCCCCCCCC(=O)N(C)[C@H]1CC[C@H](O[C@H]2CCC[C@H](CC)OC(=O)C[C@@H]3C(=C[C@@H]4[C@H]3C=C(C)[C@@H]3C[C@@H](O[C@@H]5OC(C)[C@H](OC)C(OC)[C@@H]5OC)C[C@@H]43)C(=O)[C@@H]2C)OC1C. The molecule has 0 spiro atoms. The van der Waals surface area contributed by atoms with Gasteiger partial charge in [0, 0.05) is 53.1 Å². The number of Topliss-reactive ketones (excluding diaryl/α,β-unsaturated/α-hetero) is 1. The number of allylic oxidation sites excluding steroid dienone is 4. The smallest absolute Gasteiger partial charge is 0.306 e. The Balaban J connectivity index is 1.11.